The summed E-state index contributed by atoms with van der Waals surface area (Å²) >= 11 is 0. The van der Waals surface area contributed by atoms with Gasteiger partial charge in [-0.3, -0.25) is 14.6 Å². The number of ether oxygens (including phenoxy) is 1. The summed E-state index contributed by atoms with van der Waals surface area (Å²) in [6, 6.07) is 9.81. The van der Waals surface area contributed by atoms with Crippen LogP contribution in [0.4, 0.5) is 10.1 Å². The van der Waals surface area contributed by atoms with E-state index in [2.05, 4.69) is 10.3 Å². The van der Waals surface area contributed by atoms with Crippen molar-refractivity contribution in [2.75, 3.05) is 18.4 Å². The molecule has 2 aromatic rings. The van der Waals surface area contributed by atoms with Gasteiger partial charge in [0.25, 0.3) is 0 Å². The number of fused-ring (bicyclic) bond motifs is 1. The monoisotopic (exact) mass is 369 g/mol. The Balaban J connectivity index is 1.41. The van der Waals surface area contributed by atoms with E-state index in [0.717, 1.165) is 12.1 Å². The number of likely N-dealkylation sites (tertiary alicyclic amines) is 1. The van der Waals surface area contributed by atoms with Gasteiger partial charge in [-0.05, 0) is 36.2 Å². The number of halogens is 1. The summed E-state index contributed by atoms with van der Waals surface area (Å²) in [5, 5.41) is 2.64. The smallest absolute Gasteiger partial charge is 0.230 e. The Labute approximate surface area is 156 Å². The molecule has 1 aromatic carbocycles. The molecule has 7 heteroatoms. The second kappa shape index (κ2) is 7.44. The highest BCUT2D eigenvalue weighted by molar-refractivity contribution is 6.01. The van der Waals surface area contributed by atoms with Crippen molar-refractivity contribution in [3.05, 3.63) is 59.7 Å². The van der Waals surface area contributed by atoms with Gasteiger partial charge < -0.3 is 15.0 Å². The van der Waals surface area contributed by atoms with Crippen LogP contribution >= 0.6 is 0 Å². The number of rotatable bonds is 4. The summed E-state index contributed by atoms with van der Waals surface area (Å²) in [7, 11) is 0. The first kappa shape index (κ1) is 17.6. The largest absolute Gasteiger partial charge is 0.370 e. The zero-order valence-electron chi connectivity index (χ0n) is 14.7. The lowest BCUT2D eigenvalue weighted by atomic mass is 9.89. The van der Waals surface area contributed by atoms with Crippen LogP contribution in [0, 0.1) is 5.82 Å². The summed E-state index contributed by atoms with van der Waals surface area (Å²) in [5.74, 6) is -1.40. The normalized spacial score (nSPS) is 21.7. The zero-order valence-corrected chi connectivity index (χ0v) is 14.7. The number of carbonyl (C=O) groups excluding carboxylic acids is 2. The first-order valence-electron chi connectivity index (χ1n) is 9.00. The molecule has 0 bridgehead atoms. The van der Waals surface area contributed by atoms with Crippen molar-refractivity contribution < 1.29 is 18.7 Å². The summed E-state index contributed by atoms with van der Waals surface area (Å²) < 4.78 is 19.3. The Morgan fingerprint density at radius 1 is 1.33 bits per heavy atom. The second-order valence-electron chi connectivity index (χ2n) is 6.86. The number of aromatic nitrogens is 1. The van der Waals surface area contributed by atoms with Gasteiger partial charge >= 0.3 is 0 Å². The predicted molar refractivity (Wildman–Crippen MR) is 96.4 cm³/mol. The molecule has 2 amide bonds. The summed E-state index contributed by atoms with van der Waals surface area (Å²) in [6.07, 6.45) is 2.49. The van der Waals surface area contributed by atoms with E-state index >= 15 is 0 Å². The van der Waals surface area contributed by atoms with Crippen molar-refractivity contribution in [1.29, 1.82) is 0 Å². The van der Waals surface area contributed by atoms with Crippen LogP contribution in [0.25, 0.3) is 0 Å². The quantitative estimate of drug-likeness (QED) is 0.899. The summed E-state index contributed by atoms with van der Waals surface area (Å²) in [4.78, 5) is 30.9. The number of benzene rings is 1. The zero-order chi connectivity index (χ0) is 18.8. The van der Waals surface area contributed by atoms with Gasteiger partial charge in [0.05, 0.1) is 24.3 Å². The molecule has 3 heterocycles. The fraction of sp³-hybridized carbons (Fsp3) is 0.350. The molecule has 1 N–H and O–H groups in total. The van der Waals surface area contributed by atoms with Crippen molar-refractivity contribution in [2.24, 2.45) is 0 Å². The van der Waals surface area contributed by atoms with Gasteiger partial charge in [0.2, 0.25) is 11.8 Å². The van der Waals surface area contributed by atoms with Crippen LogP contribution in [0.5, 0.6) is 0 Å². The lowest BCUT2D eigenvalue weighted by Crippen LogP contribution is -2.38. The van der Waals surface area contributed by atoms with Crippen molar-refractivity contribution in [2.45, 2.75) is 31.5 Å². The highest BCUT2D eigenvalue weighted by Crippen LogP contribution is 2.35. The molecular formula is C20H20FN3O3. The Morgan fingerprint density at radius 2 is 2.22 bits per heavy atom. The summed E-state index contributed by atoms with van der Waals surface area (Å²) in [6.45, 7) is 1.47. The van der Waals surface area contributed by atoms with Crippen LogP contribution in [-0.2, 0) is 20.9 Å². The molecule has 27 heavy (non-hydrogen) atoms. The van der Waals surface area contributed by atoms with Crippen LogP contribution in [-0.4, -0.2) is 40.9 Å². The molecule has 1 fully saturated rings. The Morgan fingerprint density at radius 3 is 3.04 bits per heavy atom. The third-order valence-electron chi connectivity index (χ3n) is 5.00. The van der Waals surface area contributed by atoms with E-state index in [-0.39, 0.29) is 24.3 Å². The lowest BCUT2D eigenvalue weighted by Gasteiger charge is -2.28. The number of anilines is 1. The fourth-order valence-electron chi connectivity index (χ4n) is 3.63. The molecule has 140 valence electrons. The van der Waals surface area contributed by atoms with Gasteiger partial charge in [-0.2, -0.15) is 0 Å². The minimum absolute atomic E-state index is 0.0546. The molecule has 0 spiro atoms. The fourth-order valence-corrected chi connectivity index (χ4v) is 3.63. The van der Waals surface area contributed by atoms with E-state index in [1.165, 1.54) is 12.1 Å². The number of amides is 2. The minimum atomic E-state index is -0.580. The average Bonchev–Trinajstić information content (AvgIpc) is 3.14. The molecule has 1 aromatic heterocycles. The van der Waals surface area contributed by atoms with Crippen LogP contribution in [0.2, 0.25) is 0 Å². The van der Waals surface area contributed by atoms with Crippen molar-refractivity contribution in [1.82, 2.24) is 9.88 Å². The maximum absolute atomic E-state index is 13.5. The molecule has 0 radical (unpaired) electrons. The number of carbonyl (C=O) groups is 2. The maximum atomic E-state index is 13.5. The topological polar surface area (TPSA) is 71.5 Å². The van der Waals surface area contributed by atoms with Crippen LogP contribution in [0.1, 0.15) is 30.0 Å². The van der Waals surface area contributed by atoms with Gasteiger partial charge in [0.1, 0.15) is 5.82 Å². The van der Waals surface area contributed by atoms with E-state index < -0.39 is 11.7 Å². The van der Waals surface area contributed by atoms with Crippen molar-refractivity contribution in [3.63, 3.8) is 0 Å². The Kier molecular flexibility index (Phi) is 4.85. The van der Waals surface area contributed by atoms with Crippen molar-refractivity contribution >= 4 is 17.5 Å². The van der Waals surface area contributed by atoms with Gasteiger partial charge in [-0.1, -0.05) is 12.1 Å². The standard InChI is InChI=1S/C20H20FN3O3/c21-13-4-5-16-17(10-19(25)23-18(16)9-13)20(26)24-8-6-15(11-24)27-12-14-3-1-2-7-22-14/h1-5,7,9,15,17H,6,8,10-12H2,(H,23,25)/t15-,17+/m1/s1. The van der Waals surface area contributed by atoms with Crippen molar-refractivity contribution in [3.8, 4) is 0 Å². The van der Waals surface area contributed by atoms with Crippen LogP contribution < -0.4 is 5.32 Å². The first-order chi connectivity index (χ1) is 13.1. The number of nitrogens with zero attached hydrogens (tertiary/aromatic N) is 2. The SMILES string of the molecule is O=C1C[C@H](C(=O)N2CC[C@@H](OCc3ccccn3)C2)c2ccc(F)cc2N1. The molecule has 0 aliphatic carbocycles. The molecule has 6 nitrogen and oxygen atoms in total. The van der Waals surface area contributed by atoms with Gasteiger partial charge in [0.15, 0.2) is 0 Å². The van der Waals surface area contributed by atoms with Crippen LogP contribution in [0.15, 0.2) is 42.6 Å². The van der Waals surface area contributed by atoms with Gasteiger partial charge in [-0.25, -0.2) is 4.39 Å². The third kappa shape index (κ3) is 3.83. The predicted octanol–water partition coefficient (Wildman–Crippen LogP) is 2.46. The molecule has 2 atom stereocenters. The van der Waals surface area contributed by atoms with Gasteiger partial charge in [-0.15, -0.1) is 0 Å². The lowest BCUT2D eigenvalue weighted by molar-refractivity contribution is -0.134. The number of hydrogen-bond donors (Lipinski definition) is 1. The maximum Gasteiger partial charge on any atom is 0.230 e. The highest BCUT2D eigenvalue weighted by Gasteiger charge is 2.36. The molecule has 2 aliphatic rings. The number of nitrogens with one attached hydrogen (secondary N) is 1. The molecule has 2 aliphatic heterocycles. The van der Waals surface area contributed by atoms with Gasteiger partial charge in [0, 0.05) is 31.4 Å². The minimum Gasteiger partial charge on any atom is -0.370 e. The molecule has 0 unspecified atom stereocenters. The number of hydrogen-bond acceptors (Lipinski definition) is 4. The van der Waals surface area contributed by atoms with E-state index in [9.17, 15) is 14.0 Å². The van der Waals surface area contributed by atoms with E-state index in [1.807, 2.05) is 18.2 Å². The van der Waals surface area contributed by atoms with E-state index in [0.29, 0.717) is 30.9 Å². The molecule has 4 rings (SSSR count). The molecule has 0 saturated carbocycles. The second-order valence-corrected chi connectivity index (χ2v) is 6.86. The number of pyridine rings is 1. The highest BCUT2D eigenvalue weighted by atomic mass is 19.1. The van der Waals surface area contributed by atoms with E-state index in [4.69, 9.17) is 4.74 Å². The van der Waals surface area contributed by atoms with Crippen LogP contribution in [0.3, 0.4) is 0 Å². The molecular weight excluding hydrogens is 349 g/mol. The Hall–Kier alpha value is -2.80. The average molecular weight is 369 g/mol. The molecule has 1 saturated heterocycles. The summed E-state index contributed by atoms with van der Waals surface area (Å²) in [5.41, 5.74) is 1.90. The first-order valence-corrected chi connectivity index (χ1v) is 9.00. The van der Waals surface area contributed by atoms with E-state index in [1.54, 1.807) is 17.2 Å². The third-order valence-corrected chi connectivity index (χ3v) is 5.00. The Bertz CT molecular complexity index is 859.